The van der Waals surface area contributed by atoms with Crippen LogP contribution in [0.5, 0.6) is 0 Å². The Labute approximate surface area is 127 Å². The van der Waals surface area contributed by atoms with Crippen molar-refractivity contribution in [2.75, 3.05) is 0 Å². The van der Waals surface area contributed by atoms with Crippen molar-refractivity contribution >= 4 is 33.2 Å². The van der Waals surface area contributed by atoms with Crippen LogP contribution in [0.4, 0.5) is 0 Å². The van der Waals surface area contributed by atoms with Gasteiger partial charge in [0.1, 0.15) is 0 Å². The zero-order valence-electron chi connectivity index (χ0n) is 11.4. The molecule has 106 valence electrons. The van der Waals surface area contributed by atoms with E-state index in [1.807, 2.05) is 0 Å². The van der Waals surface area contributed by atoms with Crippen molar-refractivity contribution in [2.45, 2.75) is 58.3 Å². The largest absolute Gasteiger partial charge is 0.481 e. The fourth-order valence-corrected chi connectivity index (χ4v) is 5.06. The van der Waals surface area contributed by atoms with Crippen LogP contribution in [0, 0.1) is 12.3 Å². The molecule has 0 unspecified atom stereocenters. The second-order valence-corrected chi connectivity index (χ2v) is 8.40. The third kappa shape index (κ3) is 4.06. The first-order valence-electron chi connectivity index (χ1n) is 6.97. The van der Waals surface area contributed by atoms with Crippen molar-refractivity contribution in [3.8, 4) is 0 Å². The van der Waals surface area contributed by atoms with Crippen molar-refractivity contribution in [1.29, 1.82) is 0 Å². The summed E-state index contributed by atoms with van der Waals surface area (Å²) < 4.78 is 1.18. The zero-order chi connectivity index (χ0) is 13.9. The molecule has 0 amide bonds. The number of halogens is 1. The van der Waals surface area contributed by atoms with E-state index in [2.05, 4.69) is 28.9 Å². The molecule has 1 aliphatic carbocycles. The molecule has 1 fully saturated rings. The Balaban J connectivity index is 2.03. The average molecular weight is 345 g/mol. The van der Waals surface area contributed by atoms with Crippen LogP contribution in [0.1, 0.15) is 55.4 Å². The van der Waals surface area contributed by atoms with E-state index in [1.54, 1.807) is 11.3 Å². The lowest BCUT2D eigenvalue weighted by Gasteiger charge is -2.36. The van der Waals surface area contributed by atoms with Gasteiger partial charge in [0.2, 0.25) is 0 Å². The Bertz CT molecular complexity index is 447. The van der Waals surface area contributed by atoms with Gasteiger partial charge in [0.05, 0.1) is 10.2 Å². The highest BCUT2D eigenvalue weighted by Gasteiger charge is 2.34. The van der Waals surface area contributed by atoms with Crippen LogP contribution in [0.2, 0.25) is 0 Å². The minimum absolute atomic E-state index is 0.0466. The zero-order valence-corrected chi connectivity index (χ0v) is 13.8. The second-order valence-electron chi connectivity index (χ2n) is 5.76. The molecule has 0 aliphatic heterocycles. The number of aryl methyl sites for hydroxylation is 2. The van der Waals surface area contributed by atoms with E-state index in [1.165, 1.54) is 33.5 Å². The molecule has 1 N–H and O–H groups in total. The lowest BCUT2D eigenvalue weighted by molar-refractivity contribution is -0.140. The van der Waals surface area contributed by atoms with E-state index >= 15 is 0 Å². The van der Waals surface area contributed by atoms with Gasteiger partial charge in [0.15, 0.2) is 0 Å². The highest BCUT2D eigenvalue weighted by atomic mass is 79.9. The van der Waals surface area contributed by atoms with Crippen LogP contribution in [0.3, 0.4) is 0 Å². The van der Waals surface area contributed by atoms with Gasteiger partial charge in [0, 0.05) is 4.88 Å². The monoisotopic (exact) mass is 344 g/mol. The lowest BCUT2D eigenvalue weighted by Crippen LogP contribution is -2.28. The predicted molar refractivity (Wildman–Crippen MR) is 82.8 cm³/mol. The minimum atomic E-state index is -0.634. The molecule has 1 heterocycles. The van der Waals surface area contributed by atoms with Crippen molar-refractivity contribution < 1.29 is 9.90 Å². The van der Waals surface area contributed by atoms with Crippen LogP contribution in [0.25, 0.3) is 0 Å². The van der Waals surface area contributed by atoms with Crippen LogP contribution in [0.15, 0.2) is 9.85 Å². The Morgan fingerprint density at radius 3 is 2.63 bits per heavy atom. The summed E-state index contributed by atoms with van der Waals surface area (Å²) in [5.41, 5.74) is 1.43. The Morgan fingerprint density at radius 1 is 1.42 bits per heavy atom. The summed E-state index contributed by atoms with van der Waals surface area (Å²) >= 11 is 5.30. The fraction of sp³-hybridized carbons (Fsp3) is 0.667. The number of carbonyl (C=O) groups is 1. The maximum atomic E-state index is 11.1. The van der Waals surface area contributed by atoms with Crippen LogP contribution in [-0.2, 0) is 11.2 Å². The van der Waals surface area contributed by atoms with Crippen LogP contribution < -0.4 is 0 Å². The Hall–Kier alpha value is -0.350. The highest BCUT2D eigenvalue weighted by molar-refractivity contribution is 9.11. The van der Waals surface area contributed by atoms with E-state index in [9.17, 15) is 9.90 Å². The number of hydrogen-bond acceptors (Lipinski definition) is 2. The molecule has 4 heteroatoms. The van der Waals surface area contributed by atoms with Crippen molar-refractivity contribution in [3.63, 3.8) is 0 Å². The molecule has 2 rings (SSSR count). The first kappa shape index (κ1) is 15.0. The smallest absolute Gasteiger partial charge is 0.303 e. The molecule has 1 aromatic heterocycles. The number of aliphatic carboxylic acids is 1. The third-order valence-electron chi connectivity index (χ3n) is 4.36. The summed E-state index contributed by atoms with van der Waals surface area (Å²) in [6, 6.07) is 2.19. The lowest BCUT2D eigenvalue weighted by atomic mass is 9.68. The average Bonchev–Trinajstić information content (AvgIpc) is 2.66. The maximum absolute atomic E-state index is 11.1. The van der Waals surface area contributed by atoms with Gasteiger partial charge in [-0.3, -0.25) is 4.79 Å². The van der Waals surface area contributed by atoms with Crippen molar-refractivity contribution in [1.82, 2.24) is 0 Å². The van der Waals surface area contributed by atoms with Gasteiger partial charge in [0.25, 0.3) is 0 Å². The molecule has 0 aromatic carbocycles. The number of rotatable bonds is 5. The molecule has 19 heavy (non-hydrogen) atoms. The summed E-state index contributed by atoms with van der Waals surface area (Å²) in [6.45, 7) is 2.15. The van der Waals surface area contributed by atoms with Gasteiger partial charge in [-0.1, -0.05) is 19.3 Å². The molecule has 0 radical (unpaired) electrons. The standard InChI is InChI=1S/C15H21BrO2S/c1-11-12(9-13(16)19-11)5-8-15(10-14(17)18)6-3-2-4-7-15/h9H,2-8,10H2,1H3,(H,17,18). The number of carboxylic acids is 1. The Kier molecular flexibility index (Phi) is 5.07. The molecular formula is C15H21BrO2S. The first-order valence-corrected chi connectivity index (χ1v) is 8.58. The van der Waals surface area contributed by atoms with Gasteiger partial charge < -0.3 is 5.11 Å². The molecule has 0 bridgehead atoms. The van der Waals surface area contributed by atoms with E-state index in [-0.39, 0.29) is 5.41 Å². The summed E-state index contributed by atoms with van der Waals surface area (Å²) in [4.78, 5) is 12.5. The number of thiophene rings is 1. The van der Waals surface area contributed by atoms with Gasteiger partial charge in [-0.15, -0.1) is 11.3 Å². The van der Waals surface area contributed by atoms with Crippen molar-refractivity contribution in [3.05, 3.63) is 20.3 Å². The summed E-state index contributed by atoms with van der Waals surface area (Å²) in [7, 11) is 0. The molecule has 1 aliphatic rings. The van der Waals surface area contributed by atoms with Gasteiger partial charge >= 0.3 is 5.97 Å². The van der Waals surface area contributed by atoms with E-state index in [0.717, 1.165) is 25.7 Å². The number of hydrogen-bond donors (Lipinski definition) is 1. The van der Waals surface area contributed by atoms with E-state index in [4.69, 9.17) is 0 Å². The predicted octanol–water partition coefficient (Wildman–Crippen LogP) is 5.18. The molecule has 0 spiro atoms. The Morgan fingerprint density at radius 2 is 2.11 bits per heavy atom. The minimum Gasteiger partial charge on any atom is -0.481 e. The molecule has 0 atom stereocenters. The highest BCUT2D eigenvalue weighted by Crippen LogP contribution is 2.43. The maximum Gasteiger partial charge on any atom is 0.303 e. The molecular weight excluding hydrogens is 324 g/mol. The number of carboxylic acid groups (broad SMARTS) is 1. The molecule has 1 saturated carbocycles. The van der Waals surface area contributed by atoms with E-state index in [0.29, 0.717) is 6.42 Å². The molecule has 2 nitrogen and oxygen atoms in total. The second kappa shape index (κ2) is 6.40. The SMILES string of the molecule is Cc1sc(Br)cc1CCC1(CC(=O)O)CCCCC1. The molecule has 1 aromatic rings. The topological polar surface area (TPSA) is 37.3 Å². The molecule has 0 saturated heterocycles. The first-order chi connectivity index (χ1) is 9.01. The fourth-order valence-electron chi connectivity index (χ4n) is 3.27. The third-order valence-corrected chi connectivity index (χ3v) is 5.95. The normalized spacial score (nSPS) is 18.4. The van der Waals surface area contributed by atoms with Crippen LogP contribution in [-0.4, -0.2) is 11.1 Å². The van der Waals surface area contributed by atoms with E-state index < -0.39 is 5.97 Å². The summed E-state index contributed by atoms with van der Waals surface area (Å²) in [6.07, 6.45) is 8.21. The quantitative estimate of drug-likeness (QED) is 0.799. The summed E-state index contributed by atoms with van der Waals surface area (Å²) in [5, 5.41) is 9.18. The van der Waals surface area contributed by atoms with Crippen molar-refractivity contribution in [2.24, 2.45) is 5.41 Å². The van der Waals surface area contributed by atoms with Gasteiger partial charge in [-0.05, 0) is 65.6 Å². The summed E-state index contributed by atoms with van der Waals surface area (Å²) in [5.74, 6) is -0.634. The van der Waals surface area contributed by atoms with Crippen LogP contribution >= 0.6 is 27.3 Å². The van der Waals surface area contributed by atoms with Gasteiger partial charge in [-0.2, -0.15) is 0 Å². The van der Waals surface area contributed by atoms with Gasteiger partial charge in [-0.25, -0.2) is 0 Å².